The maximum absolute atomic E-state index is 11.3. The lowest BCUT2D eigenvalue weighted by molar-refractivity contribution is -0.0806. The highest BCUT2D eigenvalue weighted by molar-refractivity contribution is 5.13. The molecule has 1 fully saturated rings. The van der Waals surface area contributed by atoms with E-state index in [1.807, 2.05) is 11.6 Å². The lowest BCUT2D eigenvalue weighted by atomic mass is 9.65. The summed E-state index contributed by atoms with van der Waals surface area (Å²) in [4.78, 5) is 0. The molecule has 20 heavy (non-hydrogen) atoms. The van der Waals surface area contributed by atoms with Crippen molar-refractivity contribution in [2.24, 2.45) is 17.8 Å². The lowest BCUT2D eigenvalue weighted by Gasteiger charge is -2.45. The molecule has 0 aliphatic heterocycles. The number of hydrogen-bond donors (Lipinski definition) is 1. The summed E-state index contributed by atoms with van der Waals surface area (Å²) < 4.78 is 2.05. The van der Waals surface area contributed by atoms with E-state index in [-0.39, 0.29) is 0 Å². The van der Waals surface area contributed by atoms with E-state index in [0.29, 0.717) is 17.8 Å². The Labute approximate surface area is 123 Å². The molecule has 3 unspecified atom stereocenters. The molecule has 0 amide bonds. The zero-order valence-corrected chi connectivity index (χ0v) is 13.7. The Balaban J connectivity index is 2.26. The summed E-state index contributed by atoms with van der Waals surface area (Å²) in [6, 6.07) is 2.14. The fraction of sp³-hybridized carbons (Fsp3) is 0.824. The average Bonchev–Trinajstić information content (AvgIpc) is 2.67. The van der Waals surface area contributed by atoms with Gasteiger partial charge in [0.15, 0.2) is 0 Å². The third kappa shape index (κ3) is 3.08. The van der Waals surface area contributed by atoms with E-state index < -0.39 is 5.60 Å². The first-order valence-electron chi connectivity index (χ1n) is 8.11. The highest BCUT2D eigenvalue weighted by Crippen LogP contribution is 2.42. The highest BCUT2D eigenvalue weighted by Gasteiger charge is 2.43. The van der Waals surface area contributed by atoms with Gasteiger partial charge < -0.3 is 5.11 Å². The van der Waals surface area contributed by atoms with Gasteiger partial charge in [0, 0.05) is 18.7 Å². The van der Waals surface area contributed by atoms with Crippen molar-refractivity contribution in [2.45, 2.75) is 72.4 Å². The van der Waals surface area contributed by atoms with E-state index in [1.165, 1.54) is 12.1 Å². The molecule has 114 valence electrons. The second-order valence-electron chi connectivity index (χ2n) is 7.11. The summed E-state index contributed by atoms with van der Waals surface area (Å²) in [6.45, 7) is 11.8. The van der Waals surface area contributed by atoms with Crippen molar-refractivity contribution < 1.29 is 5.11 Å². The Bertz CT molecular complexity index is 452. The Kier molecular flexibility index (Phi) is 4.58. The van der Waals surface area contributed by atoms with Gasteiger partial charge in [-0.2, -0.15) is 5.10 Å². The number of rotatable bonds is 4. The molecule has 3 atom stereocenters. The quantitative estimate of drug-likeness (QED) is 0.914. The van der Waals surface area contributed by atoms with Crippen LogP contribution in [0.25, 0.3) is 0 Å². The molecule has 0 bridgehead atoms. The summed E-state index contributed by atoms with van der Waals surface area (Å²) in [7, 11) is 0. The summed E-state index contributed by atoms with van der Waals surface area (Å²) in [5.41, 5.74) is 1.67. The molecule has 0 aromatic carbocycles. The third-order valence-corrected chi connectivity index (χ3v) is 4.94. The second kappa shape index (κ2) is 5.88. The molecular formula is C17H30N2O. The summed E-state index contributed by atoms with van der Waals surface area (Å²) in [6.07, 6.45) is 4.06. The van der Waals surface area contributed by atoms with Crippen molar-refractivity contribution >= 4 is 0 Å². The first-order chi connectivity index (χ1) is 9.35. The zero-order chi connectivity index (χ0) is 14.9. The van der Waals surface area contributed by atoms with Crippen LogP contribution in [0.2, 0.25) is 0 Å². The number of hydrogen-bond acceptors (Lipinski definition) is 2. The van der Waals surface area contributed by atoms with Gasteiger partial charge in [0.1, 0.15) is 0 Å². The first-order valence-corrected chi connectivity index (χ1v) is 8.11. The molecule has 1 saturated carbocycles. The maximum Gasteiger partial charge on any atom is 0.0735 e. The van der Waals surface area contributed by atoms with Crippen molar-refractivity contribution in [3.8, 4) is 0 Å². The Morgan fingerprint density at radius 1 is 1.45 bits per heavy atom. The minimum atomic E-state index is -0.564. The van der Waals surface area contributed by atoms with Gasteiger partial charge in [-0.3, -0.25) is 4.68 Å². The Hall–Kier alpha value is -0.830. The zero-order valence-electron chi connectivity index (χ0n) is 13.7. The molecule has 3 heteroatoms. The maximum atomic E-state index is 11.3. The van der Waals surface area contributed by atoms with Crippen molar-refractivity contribution in [3.05, 3.63) is 17.5 Å². The van der Waals surface area contributed by atoms with Gasteiger partial charge in [-0.25, -0.2) is 0 Å². The van der Waals surface area contributed by atoms with Gasteiger partial charge in [-0.05, 0) is 50.5 Å². The molecule has 0 saturated heterocycles. The van der Waals surface area contributed by atoms with Crippen LogP contribution in [0.15, 0.2) is 6.07 Å². The number of aliphatic hydroxyl groups is 1. The summed E-state index contributed by atoms with van der Waals surface area (Å²) >= 11 is 0. The van der Waals surface area contributed by atoms with Gasteiger partial charge in [0.2, 0.25) is 0 Å². The molecule has 0 radical (unpaired) electrons. The number of nitrogens with zero attached hydrogens (tertiary/aromatic N) is 2. The molecule has 3 nitrogen and oxygen atoms in total. The predicted octanol–water partition coefficient (Wildman–Crippen LogP) is 3.58. The predicted molar refractivity (Wildman–Crippen MR) is 82.6 cm³/mol. The molecule has 1 aliphatic rings. The van der Waals surface area contributed by atoms with Gasteiger partial charge in [-0.15, -0.1) is 0 Å². The van der Waals surface area contributed by atoms with Crippen LogP contribution in [0.4, 0.5) is 0 Å². The van der Waals surface area contributed by atoms with Crippen LogP contribution < -0.4 is 0 Å². The number of aryl methyl sites for hydroxylation is 2. The molecular weight excluding hydrogens is 248 g/mol. The summed E-state index contributed by atoms with van der Waals surface area (Å²) in [5.74, 6) is 1.56. The van der Waals surface area contributed by atoms with E-state index in [2.05, 4.69) is 38.9 Å². The fourth-order valence-corrected chi connectivity index (χ4v) is 4.08. The summed E-state index contributed by atoms with van der Waals surface area (Å²) in [5, 5.41) is 15.8. The lowest BCUT2D eigenvalue weighted by Crippen LogP contribution is -2.47. The van der Waals surface area contributed by atoms with Crippen LogP contribution in [-0.4, -0.2) is 20.5 Å². The molecule has 1 heterocycles. The molecule has 1 aromatic heterocycles. The topological polar surface area (TPSA) is 38.0 Å². The van der Waals surface area contributed by atoms with Crippen LogP contribution in [0.1, 0.15) is 58.3 Å². The minimum absolute atomic E-state index is 0.402. The molecule has 1 N–H and O–H groups in total. The van der Waals surface area contributed by atoms with E-state index in [0.717, 1.165) is 31.5 Å². The van der Waals surface area contributed by atoms with Gasteiger partial charge in [0.05, 0.1) is 11.3 Å². The highest BCUT2D eigenvalue weighted by atomic mass is 16.3. The SMILES string of the molecule is CCn1nc(C)cc1CC1(O)CC(C)CCC1C(C)C. The van der Waals surface area contributed by atoms with E-state index in [4.69, 9.17) is 0 Å². The molecule has 0 spiro atoms. The van der Waals surface area contributed by atoms with Crippen LogP contribution in [0.3, 0.4) is 0 Å². The molecule has 1 aliphatic carbocycles. The number of aromatic nitrogens is 2. The van der Waals surface area contributed by atoms with Crippen LogP contribution in [-0.2, 0) is 13.0 Å². The van der Waals surface area contributed by atoms with E-state index in [9.17, 15) is 5.11 Å². The van der Waals surface area contributed by atoms with Crippen LogP contribution in [0.5, 0.6) is 0 Å². The normalized spacial score (nSPS) is 30.9. The fourth-order valence-electron chi connectivity index (χ4n) is 4.08. The molecule has 1 aromatic rings. The van der Waals surface area contributed by atoms with Gasteiger partial charge >= 0.3 is 0 Å². The standard InChI is InChI=1S/C17H30N2O/c1-6-19-15(9-14(5)18-19)11-17(20)10-13(4)7-8-16(17)12(2)3/h9,12-13,16,20H,6-8,10-11H2,1-5H3. The molecule has 2 rings (SSSR count). The smallest absolute Gasteiger partial charge is 0.0735 e. The van der Waals surface area contributed by atoms with Gasteiger partial charge in [-0.1, -0.05) is 27.2 Å². The second-order valence-corrected chi connectivity index (χ2v) is 7.11. The van der Waals surface area contributed by atoms with Crippen LogP contribution >= 0.6 is 0 Å². The van der Waals surface area contributed by atoms with Crippen molar-refractivity contribution in [3.63, 3.8) is 0 Å². The van der Waals surface area contributed by atoms with Crippen molar-refractivity contribution in [1.82, 2.24) is 9.78 Å². The van der Waals surface area contributed by atoms with Crippen molar-refractivity contribution in [2.75, 3.05) is 0 Å². The van der Waals surface area contributed by atoms with Gasteiger partial charge in [0.25, 0.3) is 0 Å². The largest absolute Gasteiger partial charge is 0.389 e. The van der Waals surface area contributed by atoms with E-state index in [1.54, 1.807) is 0 Å². The van der Waals surface area contributed by atoms with Crippen LogP contribution in [0, 0.1) is 24.7 Å². The van der Waals surface area contributed by atoms with E-state index >= 15 is 0 Å². The Morgan fingerprint density at radius 2 is 2.15 bits per heavy atom. The minimum Gasteiger partial charge on any atom is -0.389 e. The third-order valence-electron chi connectivity index (χ3n) is 4.94. The van der Waals surface area contributed by atoms with Crippen molar-refractivity contribution in [1.29, 1.82) is 0 Å². The monoisotopic (exact) mass is 278 g/mol. The first kappa shape index (κ1) is 15.6. The Morgan fingerprint density at radius 3 is 2.75 bits per heavy atom. The average molecular weight is 278 g/mol.